The number of imide groups is 1. The van der Waals surface area contributed by atoms with Crippen molar-refractivity contribution in [2.75, 3.05) is 0 Å². The maximum absolute atomic E-state index is 12.0. The van der Waals surface area contributed by atoms with E-state index in [0.29, 0.717) is 17.4 Å². The molecule has 26 heavy (non-hydrogen) atoms. The molecule has 0 bridgehead atoms. The Labute approximate surface area is 155 Å². The van der Waals surface area contributed by atoms with Crippen molar-refractivity contribution in [1.82, 2.24) is 5.32 Å². The van der Waals surface area contributed by atoms with Crippen LogP contribution in [0.15, 0.2) is 48.5 Å². The summed E-state index contributed by atoms with van der Waals surface area (Å²) in [5, 5.41) is 2.47. The molecule has 8 heteroatoms. The first-order valence-corrected chi connectivity index (χ1v) is 8.01. The van der Waals surface area contributed by atoms with E-state index < -0.39 is 24.0 Å². The zero-order valence-electron chi connectivity index (χ0n) is 13.9. The number of carbonyl (C=O) groups excluding carboxylic acids is 3. The van der Waals surface area contributed by atoms with Crippen molar-refractivity contribution >= 4 is 29.5 Å². The van der Waals surface area contributed by atoms with Gasteiger partial charge in [0.15, 0.2) is 6.10 Å². The Balaban J connectivity index is 1.89. The van der Waals surface area contributed by atoms with Crippen LogP contribution in [0, 0.1) is 0 Å². The summed E-state index contributed by atoms with van der Waals surface area (Å²) in [7, 11) is 0. The summed E-state index contributed by atoms with van der Waals surface area (Å²) in [5.41, 5.74) is 5.94. The number of primary amides is 1. The lowest BCUT2D eigenvalue weighted by atomic mass is 10.1. The van der Waals surface area contributed by atoms with E-state index in [0.717, 1.165) is 5.56 Å². The molecule has 136 valence electrons. The monoisotopic (exact) mass is 376 g/mol. The molecule has 0 aromatic heterocycles. The van der Waals surface area contributed by atoms with Crippen molar-refractivity contribution in [2.24, 2.45) is 5.73 Å². The standard InChI is InChI=1S/C18H17ClN2O5/c1-11(16(22)21-18(20)24)26-17(23)13-4-2-12(3-5-13)10-25-15-8-6-14(19)7-9-15/h2-9,11H,10H2,1H3,(H3,20,21,22,24)/t11-/m0/s1. The van der Waals surface area contributed by atoms with Gasteiger partial charge in [0.1, 0.15) is 12.4 Å². The molecule has 0 heterocycles. The second kappa shape index (κ2) is 8.87. The third kappa shape index (κ3) is 5.78. The fourth-order valence-corrected chi connectivity index (χ4v) is 2.07. The van der Waals surface area contributed by atoms with E-state index >= 15 is 0 Å². The summed E-state index contributed by atoms with van der Waals surface area (Å²) in [5.74, 6) is -0.812. The van der Waals surface area contributed by atoms with E-state index in [9.17, 15) is 14.4 Å². The highest BCUT2D eigenvalue weighted by molar-refractivity contribution is 6.30. The molecule has 0 saturated carbocycles. The second-order valence-electron chi connectivity index (χ2n) is 5.34. The van der Waals surface area contributed by atoms with Crippen molar-refractivity contribution in [3.63, 3.8) is 0 Å². The molecule has 2 aromatic carbocycles. The molecule has 0 spiro atoms. The fourth-order valence-electron chi connectivity index (χ4n) is 1.94. The molecule has 0 radical (unpaired) electrons. The lowest BCUT2D eigenvalue weighted by molar-refractivity contribution is -0.127. The minimum Gasteiger partial charge on any atom is -0.489 e. The summed E-state index contributed by atoms with van der Waals surface area (Å²) in [6.45, 7) is 1.65. The van der Waals surface area contributed by atoms with Crippen molar-refractivity contribution in [3.05, 3.63) is 64.7 Å². The molecule has 0 aliphatic rings. The minimum atomic E-state index is -1.15. The SMILES string of the molecule is C[C@H](OC(=O)c1ccc(COc2ccc(Cl)cc2)cc1)C(=O)NC(N)=O. The number of esters is 1. The summed E-state index contributed by atoms with van der Waals surface area (Å²) >= 11 is 5.81. The van der Waals surface area contributed by atoms with Gasteiger partial charge in [-0.3, -0.25) is 10.1 Å². The Kier molecular flexibility index (Phi) is 6.57. The van der Waals surface area contributed by atoms with Crippen LogP contribution in [0.4, 0.5) is 4.79 Å². The lowest BCUT2D eigenvalue weighted by Gasteiger charge is -2.12. The van der Waals surface area contributed by atoms with Gasteiger partial charge >= 0.3 is 12.0 Å². The third-order valence-electron chi connectivity index (χ3n) is 3.31. The molecule has 0 saturated heterocycles. The Hall–Kier alpha value is -3.06. The Morgan fingerprint density at radius 1 is 1.08 bits per heavy atom. The van der Waals surface area contributed by atoms with E-state index in [-0.39, 0.29) is 5.56 Å². The number of amides is 3. The van der Waals surface area contributed by atoms with E-state index in [2.05, 4.69) is 0 Å². The molecule has 0 fully saturated rings. The quantitative estimate of drug-likeness (QED) is 0.753. The second-order valence-corrected chi connectivity index (χ2v) is 5.78. The number of hydrogen-bond acceptors (Lipinski definition) is 5. The first-order valence-electron chi connectivity index (χ1n) is 7.63. The topological polar surface area (TPSA) is 108 Å². The number of urea groups is 1. The van der Waals surface area contributed by atoms with Crippen molar-refractivity contribution < 1.29 is 23.9 Å². The van der Waals surface area contributed by atoms with Crippen LogP contribution in [-0.4, -0.2) is 24.0 Å². The molecule has 3 N–H and O–H groups in total. The summed E-state index contributed by atoms with van der Waals surface area (Å²) in [4.78, 5) is 34.1. The van der Waals surface area contributed by atoms with Gasteiger partial charge in [0.25, 0.3) is 5.91 Å². The number of halogens is 1. The van der Waals surface area contributed by atoms with Crippen molar-refractivity contribution in [3.8, 4) is 5.75 Å². The largest absolute Gasteiger partial charge is 0.489 e. The highest BCUT2D eigenvalue weighted by atomic mass is 35.5. The Bertz CT molecular complexity index is 790. The van der Waals surface area contributed by atoms with Crippen LogP contribution in [0.5, 0.6) is 5.75 Å². The average Bonchev–Trinajstić information content (AvgIpc) is 2.61. The third-order valence-corrected chi connectivity index (χ3v) is 3.56. The molecular formula is C18H17ClN2O5. The van der Waals surface area contributed by atoms with Crippen LogP contribution in [0.2, 0.25) is 5.02 Å². The van der Waals surface area contributed by atoms with Gasteiger partial charge in [-0.15, -0.1) is 0 Å². The molecule has 0 aliphatic heterocycles. The molecule has 2 rings (SSSR count). The predicted octanol–water partition coefficient (Wildman–Crippen LogP) is 2.66. The first-order chi connectivity index (χ1) is 12.3. The minimum absolute atomic E-state index is 0.263. The van der Waals surface area contributed by atoms with Crippen LogP contribution < -0.4 is 15.8 Å². The predicted molar refractivity (Wildman–Crippen MR) is 94.8 cm³/mol. The number of ether oxygens (including phenoxy) is 2. The maximum Gasteiger partial charge on any atom is 0.338 e. The molecule has 2 aromatic rings. The first kappa shape index (κ1) is 19.3. The van der Waals surface area contributed by atoms with E-state index in [4.69, 9.17) is 26.8 Å². The van der Waals surface area contributed by atoms with Crippen LogP contribution in [-0.2, 0) is 16.1 Å². The average molecular weight is 377 g/mol. The van der Waals surface area contributed by atoms with Gasteiger partial charge in [0.2, 0.25) is 0 Å². The maximum atomic E-state index is 12.0. The molecule has 0 unspecified atom stereocenters. The van der Waals surface area contributed by atoms with Gasteiger partial charge in [-0.05, 0) is 48.9 Å². The van der Waals surface area contributed by atoms with Crippen LogP contribution in [0.3, 0.4) is 0 Å². The number of nitrogens with two attached hydrogens (primary N) is 1. The number of carbonyl (C=O) groups is 3. The molecule has 3 amide bonds. The fraction of sp³-hybridized carbons (Fsp3) is 0.167. The molecule has 0 aliphatic carbocycles. The summed E-state index contributed by atoms with van der Waals surface area (Å²) < 4.78 is 10.6. The normalized spacial score (nSPS) is 11.3. The highest BCUT2D eigenvalue weighted by Gasteiger charge is 2.19. The van der Waals surface area contributed by atoms with Gasteiger partial charge < -0.3 is 15.2 Å². The number of hydrogen-bond donors (Lipinski definition) is 2. The zero-order chi connectivity index (χ0) is 19.1. The molecular weight excluding hydrogens is 360 g/mol. The van der Waals surface area contributed by atoms with Crippen molar-refractivity contribution in [2.45, 2.75) is 19.6 Å². The number of benzene rings is 2. The van der Waals surface area contributed by atoms with E-state index in [1.807, 2.05) is 5.32 Å². The zero-order valence-corrected chi connectivity index (χ0v) is 14.7. The number of nitrogens with one attached hydrogen (secondary N) is 1. The van der Waals surface area contributed by atoms with Gasteiger partial charge in [-0.2, -0.15) is 0 Å². The summed E-state index contributed by atoms with van der Waals surface area (Å²) in [6.07, 6.45) is -1.15. The van der Waals surface area contributed by atoms with Crippen LogP contribution in [0.1, 0.15) is 22.8 Å². The van der Waals surface area contributed by atoms with E-state index in [1.165, 1.54) is 6.92 Å². The molecule has 7 nitrogen and oxygen atoms in total. The Morgan fingerprint density at radius 3 is 2.27 bits per heavy atom. The molecule has 1 atom stereocenters. The van der Waals surface area contributed by atoms with Gasteiger partial charge in [-0.25, -0.2) is 9.59 Å². The van der Waals surface area contributed by atoms with Gasteiger partial charge in [0, 0.05) is 5.02 Å². The number of rotatable bonds is 6. The highest BCUT2D eigenvalue weighted by Crippen LogP contribution is 2.17. The van der Waals surface area contributed by atoms with Crippen molar-refractivity contribution in [1.29, 1.82) is 0 Å². The van der Waals surface area contributed by atoms with Gasteiger partial charge in [-0.1, -0.05) is 23.7 Å². The van der Waals surface area contributed by atoms with E-state index in [1.54, 1.807) is 48.5 Å². The lowest BCUT2D eigenvalue weighted by Crippen LogP contribution is -2.42. The summed E-state index contributed by atoms with van der Waals surface area (Å²) in [6, 6.07) is 12.5. The van der Waals surface area contributed by atoms with Crippen LogP contribution in [0.25, 0.3) is 0 Å². The van der Waals surface area contributed by atoms with Gasteiger partial charge in [0.05, 0.1) is 5.56 Å². The smallest absolute Gasteiger partial charge is 0.338 e. The Morgan fingerprint density at radius 2 is 1.69 bits per heavy atom. The van der Waals surface area contributed by atoms with Crippen LogP contribution >= 0.6 is 11.6 Å².